The molecule has 0 spiro atoms. The molecule has 2 N–H and O–H groups in total. The lowest BCUT2D eigenvalue weighted by Crippen LogP contribution is -2.00. The van der Waals surface area contributed by atoms with E-state index in [0.717, 1.165) is 14.6 Å². The summed E-state index contributed by atoms with van der Waals surface area (Å²) in [6, 6.07) is 8.78. The summed E-state index contributed by atoms with van der Waals surface area (Å²) in [7, 11) is 0. The Morgan fingerprint density at radius 3 is 2.86 bits per heavy atom. The van der Waals surface area contributed by atoms with Crippen molar-refractivity contribution >= 4 is 51.2 Å². The fourth-order valence-corrected chi connectivity index (χ4v) is 2.65. The average molecular weight is 429 g/mol. The van der Waals surface area contributed by atoms with Gasteiger partial charge in [-0.1, -0.05) is 17.7 Å². The molecule has 0 bridgehead atoms. The Kier molecular flexibility index (Phi) is 3.96. The number of aromatic amines is 1. The van der Waals surface area contributed by atoms with Gasteiger partial charge in [-0.3, -0.25) is 0 Å². The van der Waals surface area contributed by atoms with Gasteiger partial charge in [0.2, 0.25) is 0 Å². The van der Waals surface area contributed by atoms with Crippen molar-refractivity contribution in [3.05, 3.63) is 50.1 Å². The molecule has 3 aromatic rings. The first-order valence-corrected chi connectivity index (χ1v) is 7.76. The number of nitrogens with zero attached hydrogens (tertiary/aromatic N) is 1. The summed E-state index contributed by atoms with van der Waals surface area (Å²) in [6.45, 7) is 1.73. The molecule has 7 heteroatoms. The lowest BCUT2D eigenvalue weighted by molar-refractivity contribution is 0.0695. The van der Waals surface area contributed by atoms with Crippen LogP contribution in [-0.4, -0.2) is 21.0 Å². The maximum atomic E-state index is 11.1. The standard InChI is InChI=1S/C15H10ClIN2O3/c1-7-2-3-8(4-9(7)14(20)21)22-15-18-12-5-10(16)11(17)6-13(12)19-15/h2-6H,1H3,(H,18,19)(H,20,21). The van der Waals surface area contributed by atoms with Crippen LogP contribution < -0.4 is 4.74 Å². The Bertz CT molecular complexity index is 853. The lowest BCUT2D eigenvalue weighted by atomic mass is 10.1. The predicted molar refractivity (Wildman–Crippen MR) is 92.0 cm³/mol. The third kappa shape index (κ3) is 2.89. The van der Waals surface area contributed by atoms with E-state index in [0.29, 0.717) is 16.3 Å². The van der Waals surface area contributed by atoms with E-state index >= 15 is 0 Å². The van der Waals surface area contributed by atoms with Crippen molar-refractivity contribution in [3.8, 4) is 11.8 Å². The second-order valence-corrected chi connectivity index (χ2v) is 6.28. The molecule has 2 aromatic carbocycles. The van der Waals surface area contributed by atoms with Crippen LogP contribution in [0.3, 0.4) is 0 Å². The van der Waals surface area contributed by atoms with E-state index in [1.165, 1.54) is 6.07 Å². The Morgan fingerprint density at radius 2 is 2.14 bits per heavy atom. The second kappa shape index (κ2) is 5.77. The van der Waals surface area contributed by atoms with Gasteiger partial charge in [0.05, 0.1) is 21.6 Å². The Hall–Kier alpha value is -1.80. The van der Waals surface area contributed by atoms with E-state index in [2.05, 4.69) is 32.6 Å². The van der Waals surface area contributed by atoms with Gasteiger partial charge in [0, 0.05) is 3.57 Å². The summed E-state index contributed by atoms with van der Waals surface area (Å²) >= 11 is 8.20. The number of carbonyl (C=O) groups is 1. The Balaban J connectivity index is 1.96. The quantitative estimate of drug-likeness (QED) is 0.597. The molecule has 3 rings (SSSR count). The van der Waals surface area contributed by atoms with E-state index in [4.69, 9.17) is 21.4 Å². The van der Waals surface area contributed by atoms with Gasteiger partial charge in [-0.25, -0.2) is 4.79 Å². The van der Waals surface area contributed by atoms with Gasteiger partial charge in [-0.2, -0.15) is 4.98 Å². The maximum Gasteiger partial charge on any atom is 0.336 e. The predicted octanol–water partition coefficient (Wildman–Crippen LogP) is 4.62. The molecule has 0 saturated carbocycles. The van der Waals surface area contributed by atoms with Crippen LogP contribution in [0.4, 0.5) is 0 Å². The number of carboxylic acids is 1. The number of aryl methyl sites for hydroxylation is 1. The number of fused-ring (bicyclic) bond motifs is 1. The van der Waals surface area contributed by atoms with Crippen molar-refractivity contribution in [2.75, 3.05) is 0 Å². The fourth-order valence-electron chi connectivity index (χ4n) is 2.04. The number of nitrogens with one attached hydrogen (secondary N) is 1. The average Bonchev–Trinajstić information content (AvgIpc) is 2.82. The minimum absolute atomic E-state index is 0.200. The Labute approximate surface area is 144 Å². The maximum absolute atomic E-state index is 11.1. The van der Waals surface area contributed by atoms with Gasteiger partial charge < -0.3 is 14.8 Å². The van der Waals surface area contributed by atoms with Crippen molar-refractivity contribution in [3.63, 3.8) is 0 Å². The van der Waals surface area contributed by atoms with Crippen LogP contribution in [0.25, 0.3) is 11.0 Å². The molecule has 5 nitrogen and oxygen atoms in total. The van der Waals surface area contributed by atoms with Crippen LogP contribution in [0.5, 0.6) is 11.8 Å². The van der Waals surface area contributed by atoms with Gasteiger partial charge in [0.15, 0.2) is 0 Å². The first-order valence-electron chi connectivity index (χ1n) is 6.30. The fraction of sp³-hybridized carbons (Fsp3) is 0.0667. The smallest absolute Gasteiger partial charge is 0.336 e. The topological polar surface area (TPSA) is 75.2 Å². The molecule has 0 atom stereocenters. The van der Waals surface area contributed by atoms with Gasteiger partial charge >= 0.3 is 5.97 Å². The molecular formula is C15H10ClIN2O3. The minimum atomic E-state index is -0.992. The van der Waals surface area contributed by atoms with Crippen LogP contribution >= 0.6 is 34.2 Å². The van der Waals surface area contributed by atoms with Crippen molar-refractivity contribution in [1.82, 2.24) is 9.97 Å². The normalized spacial score (nSPS) is 10.9. The van der Waals surface area contributed by atoms with Crippen molar-refractivity contribution in [1.29, 1.82) is 0 Å². The Morgan fingerprint density at radius 1 is 1.36 bits per heavy atom. The zero-order valence-corrected chi connectivity index (χ0v) is 14.3. The number of rotatable bonds is 3. The zero-order valence-electron chi connectivity index (χ0n) is 11.4. The summed E-state index contributed by atoms with van der Waals surface area (Å²) in [5.41, 5.74) is 2.36. The van der Waals surface area contributed by atoms with Gasteiger partial charge in [0.1, 0.15) is 5.75 Å². The van der Waals surface area contributed by atoms with Gasteiger partial charge in [0.25, 0.3) is 6.01 Å². The van der Waals surface area contributed by atoms with Gasteiger partial charge in [-0.05, 0) is 59.3 Å². The molecule has 22 heavy (non-hydrogen) atoms. The largest absolute Gasteiger partial charge is 0.478 e. The van der Waals surface area contributed by atoms with Crippen molar-refractivity contribution in [2.45, 2.75) is 6.92 Å². The number of aromatic carboxylic acids is 1. The third-order valence-corrected chi connectivity index (χ3v) is 4.68. The molecular weight excluding hydrogens is 419 g/mol. The number of H-pyrrole nitrogens is 1. The minimum Gasteiger partial charge on any atom is -0.478 e. The summed E-state index contributed by atoms with van der Waals surface area (Å²) in [5.74, 6) is -0.586. The molecule has 0 unspecified atom stereocenters. The summed E-state index contributed by atoms with van der Waals surface area (Å²) in [6.07, 6.45) is 0. The van der Waals surface area contributed by atoms with E-state index in [9.17, 15) is 4.79 Å². The summed E-state index contributed by atoms with van der Waals surface area (Å²) in [4.78, 5) is 18.5. The molecule has 1 heterocycles. The molecule has 0 aliphatic rings. The van der Waals surface area contributed by atoms with E-state index in [-0.39, 0.29) is 11.6 Å². The number of ether oxygens (including phenoxy) is 1. The molecule has 0 saturated heterocycles. The number of benzene rings is 2. The lowest BCUT2D eigenvalue weighted by Gasteiger charge is -2.05. The molecule has 0 amide bonds. The summed E-state index contributed by atoms with van der Waals surface area (Å²) < 4.78 is 6.51. The van der Waals surface area contributed by atoms with Crippen molar-refractivity contribution in [2.24, 2.45) is 0 Å². The zero-order chi connectivity index (χ0) is 15.9. The second-order valence-electron chi connectivity index (χ2n) is 4.71. The van der Waals surface area contributed by atoms with Crippen LogP contribution in [0.1, 0.15) is 15.9 Å². The van der Waals surface area contributed by atoms with Crippen LogP contribution in [0, 0.1) is 10.5 Å². The highest BCUT2D eigenvalue weighted by atomic mass is 127. The first-order chi connectivity index (χ1) is 10.4. The van der Waals surface area contributed by atoms with Crippen molar-refractivity contribution < 1.29 is 14.6 Å². The summed E-state index contributed by atoms with van der Waals surface area (Å²) in [5, 5.41) is 9.77. The highest BCUT2D eigenvalue weighted by molar-refractivity contribution is 14.1. The van der Waals surface area contributed by atoms with Crippen LogP contribution in [0.2, 0.25) is 5.02 Å². The van der Waals surface area contributed by atoms with Crippen LogP contribution in [0.15, 0.2) is 30.3 Å². The highest BCUT2D eigenvalue weighted by Crippen LogP contribution is 2.28. The molecule has 1 aromatic heterocycles. The molecule has 0 fully saturated rings. The SMILES string of the molecule is Cc1ccc(Oc2nc3cc(I)c(Cl)cc3[nH]2)cc1C(=O)O. The molecule has 0 radical (unpaired) electrons. The highest BCUT2D eigenvalue weighted by Gasteiger charge is 2.11. The third-order valence-electron chi connectivity index (χ3n) is 3.16. The number of hydrogen-bond donors (Lipinski definition) is 2. The molecule has 0 aliphatic heterocycles. The van der Waals surface area contributed by atoms with Crippen LogP contribution in [-0.2, 0) is 0 Å². The monoisotopic (exact) mass is 428 g/mol. The van der Waals surface area contributed by atoms with E-state index in [1.54, 1.807) is 25.1 Å². The van der Waals surface area contributed by atoms with E-state index in [1.807, 2.05) is 6.07 Å². The number of imidazole rings is 1. The molecule has 112 valence electrons. The number of aromatic nitrogens is 2. The molecule has 0 aliphatic carbocycles. The first kappa shape index (κ1) is 15.1. The number of hydrogen-bond acceptors (Lipinski definition) is 3. The van der Waals surface area contributed by atoms with Gasteiger partial charge in [-0.15, -0.1) is 0 Å². The number of carboxylic acid groups (broad SMARTS) is 1. The van der Waals surface area contributed by atoms with E-state index < -0.39 is 5.97 Å². The number of halogens is 2.